The number of rotatable bonds is 3. The molecule has 0 unspecified atom stereocenters. The molecule has 2 aromatic rings. The van der Waals surface area contributed by atoms with E-state index >= 15 is 0 Å². The molecule has 0 atom stereocenters. The van der Waals surface area contributed by atoms with Crippen LogP contribution in [0.4, 0.5) is 8.78 Å². The molecule has 0 amide bonds. The lowest BCUT2D eigenvalue weighted by atomic mass is 10.1. The first-order valence-corrected chi connectivity index (χ1v) is 5.92. The topological polar surface area (TPSA) is 34.9 Å². The second-order valence-electron chi connectivity index (χ2n) is 3.85. The standard InChI is InChI=1S/C12H9BrF2N2O/c1-17-5-10(16-6-17)11(18)4-7-9(14)3-2-8(13)12(7)15/h2-3,5-6H,4H2,1H3. The molecule has 0 spiro atoms. The highest BCUT2D eigenvalue weighted by Crippen LogP contribution is 2.22. The van der Waals surface area contributed by atoms with Crippen molar-refractivity contribution in [3.63, 3.8) is 0 Å². The Bertz CT molecular complexity index is 610. The van der Waals surface area contributed by atoms with Crippen LogP contribution in [-0.2, 0) is 13.5 Å². The zero-order chi connectivity index (χ0) is 13.3. The summed E-state index contributed by atoms with van der Waals surface area (Å²) in [4.78, 5) is 15.7. The molecule has 0 radical (unpaired) electrons. The molecule has 2 rings (SSSR count). The first kappa shape index (κ1) is 12.9. The molecule has 18 heavy (non-hydrogen) atoms. The third-order valence-electron chi connectivity index (χ3n) is 2.47. The monoisotopic (exact) mass is 314 g/mol. The second-order valence-corrected chi connectivity index (χ2v) is 4.70. The zero-order valence-electron chi connectivity index (χ0n) is 9.45. The number of hydrogen-bond donors (Lipinski definition) is 0. The van der Waals surface area contributed by atoms with Gasteiger partial charge in [-0.15, -0.1) is 0 Å². The van der Waals surface area contributed by atoms with Crippen molar-refractivity contribution in [2.75, 3.05) is 0 Å². The van der Waals surface area contributed by atoms with Crippen molar-refractivity contribution in [3.8, 4) is 0 Å². The van der Waals surface area contributed by atoms with E-state index in [1.807, 2.05) is 0 Å². The van der Waals surface area contributed by atoms with E-state index in [1.54, 1.807) is 11.6 Å². The number of halogens is 3. The van der Waals surface area contributed by atoms with Gasteiger partial charge in [0.1, 0.15) is 17.3 Å². The number of carbonyl (C=O) groups excluding carboxylic acids is 1. The van der Waals surface area contributed by atoms with Crippen LogP contribution in [0.3, 0.4) is 0 Å². The van der Waals surface area contributed by atoms with Crippen LogP contribution >= 0.6 is 15.9 Å². The first-order chi connectivity index (χ1) is 8.49. The molecule has 3 nitrogen and oxygen atoms in total. The predicted molar refractivity (Wildman–Crippen MR) is 65.3 cm³/mol. The largest absolute Gasteiger partial charge is 0.340 e. The van der Waals surface area contributed by atoms with E-state index in [4.69, 9.17) is 0 Å². The highest BCUT2D eigenvalue weighted by molar-refractivity contribution is 9.10. The number of hydrogen-bond acceptors (Lipinski definition) is 2. The lowest BCUT2D eigenvalue weighted by molar-refractivity contribution is 0.0986. The molecule has 0 aliphatic rings. The minimum Gasteiger partial charge on any atom is -0.340 e. The maximum Gasteiger partial charge on any atom is 0.187 e. The summed E-state index contributed by atoms with van der Waals surface area (Å²) in [5.41, 5.74) is -0.0590. The molecular weight excluding hydrogens is 306 g/mol. The molecule has 0 bridgehead atoms. The number of benzene rings is 1. The van der Waals surface area contributed by atoms with E-state index < -0.39 is 17.4 Å². The van der Waals surface area contributed by atoms with Gasteiger partial charge in [-0.2, -0.15) is 0 Å². The van der Waals surface area contributed by atoms with Crippen molar-refractivity contribution >= 4 is 21.7 Å². The number of imidazole rings is 1. The fourth-order valence-corrected chi connectivity index (χ4v) is 1.91. The van der Waals surface area contributed by atoms with Crippen molar-refractivity contribution in [2.24, 2.45) is 7.05 Å². The van der Waals surface area contributed by atoms with E-state index in [0.717, 1.165) is 6.07 Å². The molecule has 1 heterocycles. The molecule has 0 aliphatic carbocycles. The predicted octanol–water partition coefficient (Wildman–Crippen LogP) is 2.89. The molecule has 0 N–H and O–H groups in total. The fourth-order valence-electron chi connectivity index (χ4n) is 1.54. The van der Waals surface area contributed by atoms with Gasteiger partial charge in [0.15, 0.2) is 5.78 Å². The summed E-state index contributed by atoms with van der Waals surface area (Å²) in [7, 11) is 1.71. The van der Waals surface area contributed by atoms with Crippen LogP contribution in [0.25, 0.3) is 0 Å². The van der Waals surface area contributed by atoms with Gasteiger partial charge in [-0.3, -0.25) is 4.79 Å². The Labute approximate surface area is 111 Å². The van der Waals surface area contributed by atoms with Crippen molar-refractivity contribution in [3.05, 3.63) is 52.0 Å². The van der Waals surface area contributed by atoms with Crippen LogP contribution in [0.15, 0.2) is 29.1 Å². The normalized spacial score (nSPS) is 10.7. The maximum atomic E-state index is 13.7. The molecular formula is C12H9BrF2N2O. The number of carbonyl (C=O) groups is 1. The van der Waals surface area contributed by atoms with Gasteiger partial charge < -0.3 is 4.57 Å². The van der Waals surface area contributed by atoms with Crippen LogP contribution in [-0.4, -0.2) is 15.3 Å². The molecule has 1 aromatic heterocycles. The lowest BCUT2D eigenvalue weighted by Gasteiger charge is -2.04. The van der Waals surface area contributed by atoms with Crippen LogP contribution < -0.4 is 0 Å². The summed E-state index contributed by atoms with van der Waals surface area (Å²) in [6, 6.07) is 2.38. The number of Topliss-reactive ketones (excluding diaryl/α,β-unsaturated/α-hetero) is 1. The van der Waals surface area contributed by atoms with Crippen molar-refractivity contribution in [2.45, 2.75) is 6.42 Å². The third kappa shape index (κ3) is 2.48. The van der Waals surface area contributed by atoms with Crippen molar-refractivity contribution < 1.29 is 13.6 Å². The van der Waals surface area contributed by atoms with Crippen LogP contribution in [0.5, 0.6) is 0 Å². The van der Waals surface area contributed by atoms with E-state index in [2.05, 4.69) is 20.9 Å². The summed E-state index contributed by atoms with van der Waals surface area (Å²) in [6.07, 6.45) is 2.62. The van der Waals surface area contributed by atoms with Gasteiger partial charge in [0.05, 0.1) is 10.8 Å². The number of aromatic nitrogens is 2. The number of ketones is 1. The van der Waals surface area contributed by atoms with Gasteiger partial charge in [0, 0.05) is 25.2 Å². The Morgan fingerprint density at radius 1 is 1.44 bits per heavy atom. The summed E-state index contributed by atoms with van der Waals surface area (Å²) < 4.78 is 28.9. The van der Waals surface area contributed by atoms with E-state index in [1.165, 1.54) is 18.6 Å². The molecule has 0 aliphatic heterocycles. The van der Waals surface area contributed by atoms with Crippen molar-refractivity contribution in [1.29, 1.82) is 0 Å². The highest BCUT2D eigenvalue weighted by Gasteiger charge is 2.18. The summed E-state index contributed by atoms with van der Waals surface area (Å²) in [5.74, 6) is -1.91. The van der Waals surface area contributed by atoms with Gasteiger partial charge >= 0.3 is 0 Å². The minimum atomic E-state index is -0.751. The van der Waals surface area contributed by atoms with Gasteiger partial charge in [0.25, 0.3) is 0 Å². The Kier molecular flexibility index (Phi) is 3.56. The summed E-state index contributed by atoms with van der Waals surface area (Å²) in [6.45, 7) is 0. The van der Waals surface area contributed by atoms with E-state index in [9.17, 15) is 13.6 Å². The molecule has 0 saturated carbocycles. The Balaban J connectivity index is 2.30. The van der Waals surface area contributed by atoms with Crippen LogP contribution in [0.1, 0.15) is 16.1 Å². The molecule has 1 aromatic carbocycles. The first-order valence-electron chi connectivity index (χ1n) is 5.12. The molecule has 6 heteroatoms. The Morgan fingerprint density at radius 2 is 2.17 bits per heavy atom. The van der Waals surface area contributed by atoms with Gasteiger partial charge in [-0.1, -0.05) is 0 Å². The fraction of sp³-hybridized carbons (Fsp3) is 0.167. The number of aryl methyl sites for hydroxylation is 1. The average molecular weight is 315 g/mol. The lowest BCUT2D eigenvalue weighted by Crippen LogP contribution is -2.08. The summed E-state index contributed by atoms with van der Waals surface area (Å²) >= 11 is 2.96. The maximum absolute atomic E-state index is 13.7. The smallest absolute Gasteiger partial charge is 0.187 e. The van der Waals surface area contributed by atoms with Gasteiger partial charge in [-0.05, 0) is 28.1 Å². The quantitative estimate of drug-likeness (QED) is 0.645. The average Bonchev–Trinajstić information content (AvgIpc) is 2.76. The molecule has 94 valence electrons. The molecule has 0 fully saturated rings. The van der Waals surface area contributed by atoms with E-state index in [0.29, 0.717) is 0 Å². The summed E-state index contributed by atoms with van der Waals surface area (Å²) in [5, 5.41) is 0. The highest BCUT2D eigenvalue weighted by atomic mass is 79.9. The van der Waals surface area contributed by atoms with Crippen LogP contribution in [0.2, 0.25) is 0 Å². The van der Waals surface area contributed by atoms with Crippen molar-refractivity contribution in [1.82, 2.24) is 9.55 Å². The zero-order valence-corrected chi connectivity index (χ0v) is 11.0. The Hall–Kier alpha value is -1.56. The second kappa shape index (κ2) is 4.97. The SMILES string of the molecule is Cn1cnc(C(=O)Cc2c(F)ccc(Br)c2F)c1. The minimum absolute atomic E-state index is 0.132. The van der Waals surface area contributed by atoms with Gasteiger partial charge in [0.2, 0.25) is 0 Å². The van der Waals surface area contributed by atoms with E-state index in [-0.39, 0.29) is 22.2 Å². The number of nitrogens with zero attached hydrogens (tertiary/aromatic N) is 2. The Morgan fingerprint density at radius 3 is 2.78 bits per heavy atom. The van der Waals surface area contributed by atoms with Gasteiger partial charge in [-0.25, -0.2) is 13.8 Å². The van der Waals surface area contributed by atoms with Crippen LogP contribution in [0, 0.1) is 11.6 Å². The molecule has 0 saturated heterocycles. The third-order valence-corrected chi connectivity index (χ3v) is 3.08.